The van der Waals surface area contributed by atoms with Crippen LogP contribution in [0, 0.1) is 5.82 Å². The van der Waals surface area contributed by atoms with E-state index in [1.807, 2.05) is 24.3 Å². The van der Waals surface area contributed by atoms with Crippen LogP contribution in [-0.4, -0.2) is 67.1 Å². The fourth-order valence-corrected chi connectivity index (χ4v) is 4.70. The average Bonchev–Trinajstić information content (AvgIpc) is 2.74. The summed E-state index contributed by atoms with van der Waals surface area (Å²) < 4.78 is 36.7. The summed E-state index contributed by atoms with van der Waals surface area (Å²) >= 11 is -1.38. The number of para-hydroxylation sites is 2. The molecule has 1 aliphatic rings. The van der Waals surface area contributed by atoms with Crippen molar-refractivity contribution in [1.82, 2.24) is 4.90 Å². The number of ether oxygens (including phenoxy) is 2. The van der Waals surface area contributed by atoms with Gasteiger partial charge in [-0.3, -0.25) is 9.69 Å². The Morgan fingerprint density at radius 1 is 1.13 bits per heavy atom. The number of anilines is 1. The predicted octanol–water partition coefficient (Wildman–Crippen LogP) is 2.70. The van der Waals surface area contributed by atoms with E-state index in [4.69, 9.17) is 9.47 Å². The molecule has 2 aromatic carbocycles. The highest BCUT2D eigenvalue weighted by Gasteiger charge is 2.27. The van der Waals surface area contributed by atoms with E-state index in [0.717, 1.165) is 37.6 Å². The Labute approximate surface area is 179 Å². The number of carbonyl (C=O) groups is 1. The van der Waals surface area contributed by atoms with Crippen LogP contribution in [0.1, 0.15) is 6.92 Å². The molecular weight excluding hydrogens is 407 g/mol. The molecular formula is C22H27FN2O4S. The highest BCUT2D eigenvalue weighted by molar-refractivity contribution is 7.91. The molecule has 8 heteroatoms. The Kier molecular flexibility index (Phi) is 7.95. The number of piperazine rings is 1. The first-order valence-corrected chi connectivity index (χ1v) is 11.2. The minimum atomic E-state index is -1.38. The van der Waals surface area contributed by atoms with Crippen LogP contribution in [0.2, 0.25) is 0 Å². The van der Waals surface area contributed by atoms with Crippen molar-refractivity contribution in [2.75, 3.05) is 50.5 Å². The van der Waals surface area contributed by atoms with Crippen LogP contribution in [0.4, 0.5) is 10.1 Å². The Morgan fingerprint density at radius 3 is 2.43 bits per heavy atom. The molecule has 0 aliphatic carbocycles. The number of carbonyl (C=O) groups excluding carboxylic acids is 1. The average molecular weight is 435 g/mol. The molecule has 6 nitrogen and oxygen atoms in total. The van der Waals surface area contributed by atoms with E-state index in [1.54, 1.807) is 7.11 Å². The van der Waals surface area contributed by atoms with Gasteiger partial charge < -0.3 is 18.9 Å². The van der Waals surface area contributed by atoms with Gasteiger partial charge in [-0.15, -0.1) is 0 Å². The second-order valence-electron chi connectivity index (χ2n) is 7.16. The number of halogens is 1. The monoisotopic (exact) mass is 434 g/mol. The van der Waals surface area contributed by atoms with E-state index >= 15 is 0 Å². The van der Waals surface area contributed by atoms with Crippen molar-refractivity contribution in [3.8, 4) is 5.75 Å². The van der Waals surface area contributed by atoms with Gasteiger partial charge in [-0.25, -0.2) is 4.39 Å². The summed E-state index contributed by atoms with van der Waals surface area (Å²) in [5.41, 5.74) is 1.06. The first-order chi connectivity index (χ1) is 14.5. The molecule has 1 fully saturated rings. The zero-order valence-electron chi connectivity index (χ0n) is 17.3. The van der Waals surface area contributed by atoms with Crippen LogP contribution < -0.4 is 9.64 Å². The van der Waals surface area contributed by atoms with Gasteiger partial charge in [-0.05, 0) is 47.6 Å². The normalized spacial score (nSPS) is 16.7. The maximum absolute atomic E-state index is 13.1. The molecule has 30 heavy (non-hydrogen) atoms. The molecule has 0 amide bonds. The maximum atomic E-state index is 13.1. The standard InChI is InChI=1S/C22H27FN2O4S/c1-17(26)29-19(16-30(27)20-9-7-18(23)8-10-20)15-24-11-13-25(14-12-24)21-5-3-4-6-22(21)28-2/h3-10,19H,11-16H2,1-2H3. The lowest BCUT2D eigenvalue weighted by molar-refractivity contribution is -0.146. The molecule has 2 unspecified atom stereocenters. The van der Waals surface area contributed by atoms with Gasteiger partial charge in [0.05, 0.1) is 12.8 Å². The van der Waals surface area contributed by atoms with Gasteiger partial charge in [0.15, 0.2) is 11.0 Å². The fourth-order valence-electron chi connectivity index (χ4n) is 3.56. The molecule has 0 aromatic heterocycles. The number of nitrogens with zero attached hydrogens (tertiary/aromatic N) is 2. The second-order valence-corrected chi connectivity index (χ2v) is 8.65. The Hall–Kier alpha value is -2.29. The molecule has 0 saturated carbocycles. The number of rotatable bonds is 8. The summed E-state index contributed by atoms with van der Waals surface area (Å²) in [6, 6.07) is 13.5. The summed E-state index contributed by atoms with van der Waals surface area (Å²) in [4.78, 5) is 16.6. The Bertz CT molecular complexity index is 828. The molecule has 2 atom stereocenters. The molecule has 0 radical (unpaired) electrons. The van der Waals surface area contributed by atoms with Gasteiger partial charge in [-0.1, -0.05) is 12.1 Å². The molecule has 0 spiro atoms. The highest BCUT2D eigenvalue weighted by atomic mass is 32.2. The van der Waals surface area contributed by atoms with E-state index in [9.17, 15) is 13.7 Å². The molecule has 3 rings (SSSR count). The van der Waals surface area contributed by atoms with Gasteiger partial charge in [0.2, 0.25) is 0 Å². The lowest BCUT2D eigenvalue weighted by atomic mass is 10.2. The smallest absolute Gasteiger partial charge is 0.303 e. The van der Waals surface area contributed by atoms with Crippen LogP contribution in [0.15, 0.2) is 53.4 Å². The van der Waals surface area contributed by atoms with Crippen LogP contribution in [0.25, 0.3) is 0 Å². The van der Waals surface area contributed by atoms with E-state index in [0.29, 0.717) is 11.4 Å². The molecule has 1 heterocycles. The number of hydrogen-bond acceptors (Lipinski definition) is 6. The van der Waals surface area contributed by atoms with Gasteiger partial charge >= 0.3 is 5.97 Å². The van der Waals surface area contributed by atoms with Crippen LogP contribution >= 0.6 is 0 Å². The van der Waals surface area contributed by atoms with E-state index in [1.165, 1.54) is 31.2 Å². The molecule has 0 bridgehead atoms. The molecule has 1 saturated heterocycles. The maximum Gasteiger partial charge on any atom is 0.303 e. The van der Waals surface area contributed by atoms with Crippen molar-refractivity contribution in [2.24, 2.45) is 0 Å². The van der Waals surface area contributed by atoms with E-state index in [-0.39, 0.29) is 11.6 Å². The predicted molar refractivity (Wildman–Crippen MR) is 115 cm³/mol. The zero-order valence-corrected chi connectivity index (χ0v) is 18.1. The van der Waals surface area contributed by atoms with Gasteiger partial charge in [0.25, 0.3) is 0 Å². The van der Waals surface area contributed by atoms with Gasteiger partial charge in [0.1, 0.15) is 17.3 Å². The first-order valence-electron chi connectivity index (χ1n) is 9.87. The summed E-state index contributed by atoms with van der Waals surface area (Å²) in [5, 5.41) is 0. The number of hydrogen-bond donors (Lipinski definition) is 0. The van der Waals surface area contributed by atoms with E-state index < -0.39 is 23.2 Å². The van der Waals surface area contributed by atoms with Gasteiger partial charge in [-0.2, -0.15) is 0 Å². The van der Waals surface area contributed by atoms with Crippen molar-refractivity contribution in [3.05, 3.63) is 54.3 Å². The topological polar surface area (TPSA) is 65.1 Å². The van der Waals surface area contributed by atoms with Crippen molar-refractivity contribution in [2.45, 2.75) is 17.9 Å². The number of methoxy groups -OCH3 is 1. The van der Waals surface area contributed by atoms with Crippen LogP contribution in [0.3, 0.4) is 0 Å². The summed E-state index contributed by atoms with van der Waals surface area (Å²) in [6.07, 6.45) is -0.494. The molecule has 0 N–H and O–H groups in total. The van der Waals surface area contributed by atoms with Crippen LogP contribution in [-0.2, 0) is 20.7 Å². The van der Waals surface area contributed by atoms with Crippen molar-refractivity contribution in [1.29, 1.82) is 0 Å². The quantitative estimate of drug-likeness (QED) is 0.470. The SMILES string of the molecule is COc1ccccc1N1CCN(CC(C[S+]([O-])c2ccc(F)cc2)OC(C)=O)CC1. The third-order valence-electron chi connectivity index (χ3n) is 5.01. The number of esters is 1. The number of benzene rings is 2. The van der Waals surface area contributed by atoms with Crippen molar-refractivity contribution in [3.63, 3.8) is 0 Å². The fraction of sp³-hybridized carbons (Fsp3) is 0.409. The Morgan fingerprint density at radius 2 is 1.80 bits per heavy atom. The molecule has 2 aromatic rings. The third kappa shape index (κ3) is 6.10. The largest absolute Gasteiger partial charge is 0.611 e. The van der Waals surface area contributed by atoms with E-state index in [2.05, 4.69) is 9.80 Å². The minimum Gasteiger partial charge on any atom is -0.611 e. The van der Waals surface area contributed by atoms with Gasteiger partial charge in [0, 0.05) is 39.6 Å². The summed E-state index contributed by atoms with van der Waals surface area (Å²) in [7, 11) is 1.67. The summed E-state index contributed by atoms with van der Waals surface area (Å²) in [6.45, 7) is 5.07. The molecule has 1 aliphatic heterocycles. The molecule has 162 valence electrons. The second kappa shape index (κ2) is 10.7. The van der Waals surface area contributed by atoms with Crippen molar-refractivity contribution < 1.29 is 23.2 Å². The lowest BCUT2D eigenvalue weighted by Gasteiger charge is -2.37. The van der Waals surface area contributed by atoms with Crippen molar-refractivity contribution >= 4 is 22.8 Å². The van der Waals surface area contributed by atoms with Crippen LogP contribution in [0.5, 0.6) is 5.75 Å². The third-order valence-corrected chi connectivity index (χ3v) is 6.48. The lowest BCUT2D eigenvalue weighted by Crippen LogP contribution is -2.50. The minimum absolute atomic E-state index is 0.179. The summed E-state index contributed by atoms with van der Waals surface area (Å²) in [5.74, 6) is 0.250. The first kappa shape index (κ1) is 22.4. The Balaban J connectivity index is 1.58. The highest BCUT2D eigenvalue weighted by Crippen LogP contribution is 2.28. The zero-order chi connectivity index (χ0) is 21.5.